The van der Waals surface area contributed by atoms with Crippen molar-refractivity contribution in [3.05, 3.63) is 100 Å². The van der Waals surface area contributed by atoms with E-state index in [0.29, 0.717) is 29.1 Å². The van der Waals surface area contributed by atoms with Crippen molar-refractivity contribution in [2.45, 2.75) is 31.3 Å². The largest absolute Gasteiger partial charge is 0.324 e. The highest BCUT2D eigenvalue weighted by Gasteiger charge is 2.70. The molecular formula is C29H26ClN3O3. The zero-order valence-electron chi connectivity index (χ0n) is 19.8. The maximum Gasteiger partial charge on any atom is 0.250 e. The fraction of sp³-hybridized carbons (Fsp3) is 0.276. The van der Waals surface area contributed by atoms with Crippen LogP contribution in [-0.4, -0.2) is 35.2 Å². The van der Waals surface area contributed by atoms with Crippen molar-refractivity contribution in [2.75, 3.05) is 11.9 Å². The van der Waals surface area contributed by atoms with Crippen LogP contribution in [-0.2, 0) is 32.8 Å². The Balaban J connectivity index is 1.42. The minimum atomic E-state index is -1.34. The van der Waals surface area contributed by atoms with Crippen molar-refractivity contribution < 1.29 is 14.4 Å². The van der Waals surface area contributed by atoms with Crippen LogP contribution in [0.3, 0.4) is 0 Å². The van der Waals surface area contributed by atoms with E-state index < -0.39 is 17.4 Å². The maximum atomic E-state index is 14.0. The van der Waals surface area contributed by atoms with E-state index in [4.69, 9.17) is 11.6 Å². The Labute approximate surface area is 214 Å². The fourth-order valence-electron chi connectivity index (χ4n) is 6.24. The lowest BCUT2D eigenvalue weighted by Crippen LogP contribution is -2.53. The minimum Gasteiger partial charge on any atom is -0.324 e. The predicted octanol–water partition coefficient (Wildman–Crippen LogP) is 3.85. The van der Waals surface area contributed by atoms with Crippen LogP contribution in [0.1, 0.15) is 22.3 Å². The summed E-state index contributed by atoms with van der Waals surface area (Å²) in [5, 5.41) is 6.97. The number of carbonyl (C=O) groups is 3. The SMILES string of the molecule is Cc1cc(Cl)cc2c1NC(=O)[C@]21N[C@@H](Cc2ccccc2)[C@H]2C(=O)N(CCc3ccccc3)C(=O)[C@H]21. The summed E-state index contributed by atoms with van der Waals surface area (Å²) in [5.74, 6) is -2.31. The van der Waals surface area contributed by atoms with Crippen LogP contribution in [0.2, 0.25) is 5.02 Å². The maximum absolute atomic E-state index is 14.0. The molecule has 6 rings (SSSR count). The van der Waals surface area contributed by atoms with Gasteiger partial charge in [-0.1, -0.05) is 72.3 Å². The van der Waals surface area contributed by atoms with Gasteiger partial charge >= 0.3 is 0 Å². The molecule has 3 aliphatic rings. The molecule has 2 N–H and O–H groups in total. The Morgan fingerprint density at radius 2 is 1.58 bits per heavy atom. The number of benzene rings is 3. The van der Waals surface area contributed by atoms with Gasteiger partial charge in [0.15, 0.2) is 0 Å². The van der Waals surface area contributed by atoms with Crippen molar-refractivity contribution in [2.24, 2.45) is 11.8 Å². The molecule has 0 unspecified atom stereocenters. The Bertz CT molecular complexity index is 1380. The molecule has 36 heavy (non-hydrogen) atoms. The highest BCUT2D eigenvalue weighted by Crippen LogP contribution is 2.54. The minimum absolute atomic E-state index is 0.216. The normalized spacial score (nSPS) is 26.4. The molecule has 3 aromatic rings. The van der Waals surface area contributed by atoms with Gasteiger partial charge in [0.05, 0.1) is 11.8 Å². The number of halogens is 1. The van der Waals surface area contributed by atoms with Gasteiger partial charge in [0.25, 0.3) is 0 Å². The lowest BCUT2D eigenvalue weighted by Gasteiger charge is -2.29. The molecule has 0 aromatic heterocycles. The molecule has 3 heterocycles. The molecule has 3 amide bonds. The molecule has 2 saturated heterocycles. The van der Waals surface area contributed by atoms with Gasteiger partial charge < -0.3 is 5.32 Å². The molecule has 7 heteroatoms. The van der Waals surface area contributed by atoms with E-state index in [0.717, 1.165) is 16.7 Å². The molecule has 0 aliphatic carbocycles. The standard InChI is InChI=1S/C29H26ClN3O3/c1-17-14-20(30)16-21-25(17)31-28(36)29(21)24-23(22(32-29)15-19-10-6-3-7-11-19)26(34)33(27(24)35)13-12-18-8-4-2-5-9-18/h2-11,14,16,22-24,32H,12-13,15H2,1H3,(H,31,36)/t22-,23+,24-,29-/m0/s1. The average Bonchev–Trinajstić information content (AvgIpc) is 3.44. The number of nitrogens with zero attached hydrogens (tertiary/aromatic N) is 1. The first-order chi connectivity index (χ1) is 17.4. The van der Waals surface area contributed by atoms with Gasteiger partial charge in [0.2, 0.25) is 17.7 Å². The third kappa shape index (κ3) is 3.39. The number of fused-ring (bicyclic) bond motifs is 4. The lowest BCUT2D eigenvalue weighted by atomic mass is 9.76. The number of carbonyl (C=O) groups excluding carboxylic acids is 3. The fourth-order valence-corrected chi connectivity index (χ4v) is 6.51. The summed E-state index contributed by atoms with van der Waals surface area (Å²) in [6.07, 6.45) is 1.09. The number of amides is 3. The highest BCUT2D eigenvalue weighted by atomic mass is 35.5. The van der Waals surface area contributed by atoms with Crippen molar-refractivity contribution in [1.82, 2.24) is 10.2 Å². The molecule has 6 nitrogen and oxygen atoms in total. The van der Waals surface area contributed by atoms with Crippen LogP contribution in [0.25, 0.3) is 0 Å². The lowest BCUT2D eigenvalue weighted by molar-refractivity contribution is -0.142. The number of imide groups is 1. The van der Waals surface area contributed by atoms with Crippen molar-refractivity contribution in [3.63, 3.8) is 0 Å². The van der Waals surface area contributed by atoms with Crippen LogP contribution >= 0.6 is 11.6 Å². The smallest absolute Gasteiger partial charge is 0.250 e. The molecular weight excluding hydrogens is 474 g/mol. The van der Waals surface area contributed by atoms with Crippen LogP contribution in [0.15, 0.2) is 72.8 Å². The van der Waals surface area contributed by atoms with Crippen LogP contribution < -0.4 is 10.6 Å². The van der Waals surface area contributed by atoms with Crippen molar-refractivity contribution in [1.29, 1.82) is 0 Å². The molecule has 3 aliphatic heterocycles. The van der Waals surface area contributed by atoms with Gasteiger partial charge in [-0.3, -0.25) is 24.6 Å². The molecule has 1 spiro atoms. The summed E-state index contributed by atoms with van der Waals surface area (Å²) in [6, 6.07) is 22.8. The van der Waals surface area contributed by atoms with Crippen molar-refractivity contribution >= 4 is 35.0 Å². The van der Waals surface area contributed by atoms with E-state index in [2.05, 4.69) is 10.6 Å². The number of aryl methyl sites for hydroxylation is 1. The first-order valence-electron chi connectivity index (χ1n) is 12.2. The summed E-state index contributed by atoms with van der Waals surface area (Å²) in [5.41, 5.74) is 2.88. The average molecular weight is 500 g/mol. The Morgan fingerprint density at radius 1 is 0.917 bits per heavy atom. The van der Waals surface area contributed by atoms with E-state index >= 15 is 0 Å². The Morgan fingerprint density at radius 3 is 2.28 bits per heavy atom. The molecule has 3 aromatic carbocycles. The van der Waals surface area contributed by atoms with Gasteiger partial charge in [-0.05, 0) is 48.6 Å². The number of anilines is 1. The Kier molecular flexibility index (Phi) is 5.47. The number of nitrogens with one attached hydrogen (secondary N) is 2. The van der Waals surface area contributed by atoms with Gasteiger partial charge in [-0.15, -0.1) is 0 Å². The van der Waals surface area contributed by atoms with Crippen LogP contribution in [0.5, 0.6) is 0 Å². The van der Waals surface area contributed by atoms with Gasteiger partial charge in [0.1, 0.15) is 5.54 Å². The Hall–Kier alpha value is -3.48. The second-order valence-electron chi connectivity index (χ2n) is 9.92. The van der Waals surface area contributed by atoms with E-state index in [1.54, 1.807) is 12.1 Å². The number of hydrogen-bond donors (Lipinski definition) is 2. The quantitative estimate of drug-likeness (QED) is 0.523. The van der Waals surface area contributed by atoms with Gasteiger partial charge in [-0.2, -0.15) is 0 Å². The molecule has 4 atom stereocenters. The molecule has 2 fully saturated rings. The number of likely N-dealkylation sites (tertiary alicyclic amines) is 1. The van der Waals surface area contributed by atoms with Crippen molar-refractivity contribution in [3.8, 4) is 0 Å². The molecule has 0 saturated carbocycles. The highest BCUT2D eigenvalue weighted by molar-refractivity contribution is 6.31. The van der Waals surface area contributed by atoms with E-state index in [1.165, 1.54) is 4.90 Å². The van der Waals surface area contributed by atoms with E-state index in [1.807, 2.05) is 67.6 Å². The number of hydrogen-bond acceptors (Lipinski definition) is 4. The topological polar surface area (TPSA) is 78.5 Å². The zero-order valence-corrected chi connectivity index (χ0v) is 20.6. The third-order valence-corrected chi connectivity index (χ3v) is 8.06. The molecule has 0 bridgehead atoms. The van der Waals surface area contributed by atoms with Crippen LogP contribution in [0.4, 0.5) is 5.69 Å². The number of rotatable bonds is 5. The molecule has 182 valence electrons. The third-order valence-electron chi connectivity index (χ3n) is 7.84. The zero-order chi connectivity index (χ0) is 25.0. The second kappa shape index (κ2) is 8.57. The monoisotopic (exact) mass is 499 g/mol. The van der Waals surface area contributed by atoms with E-state index in [-0.39, 0.29) is 30.3 Å². The summed E-state index contributed by atoms with van der Waals surface area (Å²) >= 11 is 6.43. The summed E-state index contributed by atoms with van der Waals surface area (Å²) < 4.78 is 0. The summed E-state index contributed by atoms with van der Waals surface area (Å²) in [4.78, 5) is 42.8. The summed E-state index contributed by atoms with van der Waals surface area (Å²) in [6.45, 7) is 2.16. The van der Waals surface area contributed by atoms with Gasteiger partial charge in [-0.25, -0.2) is 0 Å². The van der Waals surface area contributed by atoms with Gasteiger partial charge in [0, 0.05) is 28.9 Å². The molecule has 0 radical (unpaired) electrons. The van der Waals surface area contributed by atoms with E-state index in [9.17, 15) is 14.4 Å². The first kappa shape index (κ1) is 23.0. The second-order valence-corrected chi connectivity index (χ2v) is 10.4. The predicted molar refractivity (Wildman–Crippen MR) is 137 cm³/mol. The van der Waals surface area contributed by atoms with Crippen LogP contribution in [0, 0.1) is 18.8 Å². The summed E-state index contributed by atoms with van der Waals surface area (Å²) in [7, 11) is 0. The first-order valence-corrected chi connectivity index (χ1v) is 12.6.